The summed E-state index contributed by atoms with van der Waals surface area (Å²) in [6, 6.07) is 4.87. The van der Waals surface area contributed by atoms with Crippen LogP contribution < -0.4 is 5.63 Å². The highest BCUT2D eigenvalue weighted by Gasteiger charge is 2.33. The molecule has 2 aromatic rings. The molecule has 0 spiro atoms. The maximum absolute atomic E-state index is 12.7. The van der Waals surface area contributed by atoms with E-state index >= 15 is 0 Å². The van der Waals surface area contributed by atoms with Crippen LogP contribution in [0.3, 0.4) is 0 Å². The Balaban J connectivity index is 2.82. The first-order valence-electron chi connectivity index (χ1n) is 5.06. The van der Waals surface area contributed by atoms with E-state index in [1.807, 2.05) is 6.92 Å². The molecule has 1 aromatic heterocycles. The summed E-state index contributed by atoms with van der Waals surface area (Å²) in [6.45, 7) is 1.87. The Morgan fingerprint density at radius 2 is 1.94 bits per heavy atom. The Kier molecular flexibility index (Phi) is 2.69. The predicted molar refractivity (Wildman–Crippen MR) is 56.9 cm³/mol. The summed E-state index contributed by atoms with van der Waals surface area (Å²) in [5, 5.41) is -0.0886. The average molecular weight is 242 g/mol. The molecule has 0 radical (unpaired) electrons. The van der Waals surface area contributed by atoms with Crippen LogP contribution in [0.15, 0.2) is 33.5 Å². The van der Waals surface area contributed by atoms with E-state index in [2.05, 4.69) is 0 Å². The highest BCUT2D eigenvalue weighted by atomic mass is 19.4. The van der Waals surface area contributed by atoms with Crippen molar-refractivity contribution in [3.05, 3.63) is 45.8 Å². The number of halogens is 3. The quantitative estimate of drug-likeness (QED) is 0.717. The summed E-state index contributed by atoms with van der Waals surface area (Å²) in [4.78, 5) is 11.1. The van der Waals surface area contributed by atoms with Crippen molar-refractivity contribution in [1.82, 2.24) is 0 Å². The van der Waals surface area contributed by atoms with Crippen molar-refractivity contribution < 1.29 is 17.6 Å². The topological polar surface area (TPSA) is 30.2 Å². The fourth-order valence-corrected chi connectivity index (χ4v) is 1.66. The maximum Gasteiger partial charge on any atom is 0.417 e. The molecule has 0 fully saturated rings. The van der Waals surface area contributed by atoms with E-state index in [-0.39, 0.29) is 11.0 Å². The van der Waals surface area contributed by atoms with Gasteiger partial charge in [-0.25, -0.2) is 4.79 Å². The van der Waals surface area contributed by atoms with Crippen molar-refractivity contribution >= 4 is 11.0 Å². The van der Waals surface area contributed by atoms with Crippen molar-refractivity contribution in [2.24, 2.45) is 0 Å². The molecule has 1 heterocycles. The van der Waals surface area contributed by atoms with Crippen LogP contribution in [0.1, 0.15) is 18.1 Å². The van der Waals surface area contributed by atoms with Gasteiger partial charge in [0.25, 0.3) is 0 Å². The van der Waals surface area contributed by atoms with Crippen LogP contribution in [-0.2, 0) is 12.6 Å². The molecule has 0 unspecified atom stereocenters. The van der Waals surface area contributed by atoms with E-state index in [0.29, 0.717) is 12.5 Å². The predicted octanol–water partition coefficient (Wildman–Crippen LogP) is 3.37. The monoisotopic (exact) mass is 242 g/mol. The Hall–Kier alpha value is -1.78. The van der Waals surface area contributed by atoms with Gasteiger partial charge in [-0.3, -0.25) is 0 Å². The largest absolute Gasteiger partial charge is 0.423 e. The summed E-state index contributed by atoms with van der Waals surface area (Å²) < 4.78 is 42.9. The smallest absolute Gasteiger partial charge is 0.417 e. The fourth-order valence-electron chi connectivity index (χ4n) is 1.66. The van der Waals surface area contributed by atoms with Gasteiger partial charge in [-0.2, -0.15) is 13.2 Å². The van der Waals surface area contributed by atoms with Gasteiger partial charge in [0.05, 0.1) is 5.56 Å². The first kappa shape index (κ1) is 11.7. The van der Waals surface area contributed by atoms with Gasteiger partial charge in [-0.1, -0.05) is 19.1 Å². The first-order chi connectivity index (χ1) is 7.91. The summed E-state index contributed by atoms with van der Waals surface area (Å²) >= 11 is 0. The van der Waals surface area contributed by atoms with Gasteiger partial charge in [0.1, 0.15) is 5.58 Å². The van der Waals surface area contributed by atoms with E-state index in [1.165, 1.54) is 12.1 Å². The Labute approximate surface area is 94.7 Å². The summed E-state index contributed by atoms with van der Waals surface area (Å²) in [5.74, 6) is 0. The molecule has 5 heteroatoms. The maximum atomic E-state index is 12.7. The summed E-state index contributed by atoms with van der Waals surface area (Å²) in [5.41, 5.74) is -1.14. The lowest BCUT2D eigenvalue weighted by Gasteiger charge is -2.09. The van der Waals surface area contributed by atoms with Crippen molar-refractivity contribution in [3.63, 3.8) is 0 Å². The second-order valence-corrected chi connectivity index (χ2v) is 3.66. The van der Waals surface area contributed by atoms with E-state index in [1.54, 1.807) is 6.07 Å². The molecule has 1 aromatic carbocycles. The minimum absolute atomic E-state index is 0.0239. The van der Waals surface area contributed by atoms with Crippen molar-refractivity contribution in [3.8, 4) is 0 Å². The number of rotatable bonds is 1. The molecule has 0 saturated carbocycles. The van der Waals surface area contributed by atoms with Crippen LogP contribution in [0, 0.1) is 0 Å². The molecule has 90 valence electrons. The Bertz CT molecular complexity index is 611. The van der Waals surface area contributed by atoms with Crippen LogP contribution in [0.4, 0.5) is 13.2 Å². The lowest BCUT2D eigenvalue weighted by atomic mass is 10.1. The number of benzene rings is 1. The van der Waals surface area contributed by atoms with E-state index in [4.69, 9.17) is 4.42 Å². The zero-order valence-electron chi connectivity index (χ0n) is 8.97. The minimum atomic E-state index is -4.55. The molecule has 0 aliphatic rings. The third kappa shape index (κ3) is 2.18. The van der Waals surface area contributed by atoms with Gasteiger partial charge < -0.3 is 4.42 Å². The summed E-state index contributed by atoms with van der Waals surface area (Å²) in [7, 11) is 0. The molecule has 0 aliphatic heterocycles. The molecule has 0 bridgehead atoms. The van der Waals surface area contributed by atoms with Gasteiger partial charge in [0, 0.05) is 11.5 Å². The van der Waals surface area contributed by atoms with Crippen molar-refractivity contribution in [2.45, 2.75) is 19.5 Å². The second kappa shape index (κ2) is 3.91. The van der Waals surface area contributed by atoms with Crippen molar-refractivity contribution in [1.29, 1.82) is 0 Å². The molecule has 0 N–H and O–H groups in total. The highest BCUT2D eigenvalue weighted by Crippen LogP contribution is 2.33. The number of fused-ring (bicyclic) bond motifs is 1. The van der Waals surface area contributed by atoms with Crippen LogP contribution in [0.5, 0.6) is 0 Å². The second-order valence-electron chi connectivity index (χ2n) is 3.66. The molecule has 0 amide bonds. The van der Waals surface area contributed by atoms with Gasteiger partial charge in [-0.05, 0) is 18.1 Å². The molecular weight excluding hydrogens is 233 g/mol. The highest BCUT2D eigenvalue weighted by molar-refractivity contribution is 5.81. The molecule has 17 heavy (non-hydrogen) atoms. The van der Waals surface area contributed by atoms with Crippen LogP contribution >= 0.6 is 0 Å². The lowest BCUT2D eigenvalue weighted by molar-refractivity contribution is -0.136. The van der Waals surface area contributed by atoms with Crippen molar-refractivity contribution in [2.75, 3.05) is 0 Å². The lowest BCUT2D eigenvalue weighted by Crippen LogP contribution is -2.11. The van der Waals surface area contributed by atoms with E-state index < -0.39 is 17.4 Å². The molecule has 2 nitrogen and oxygen atoms in total. The number of hydrogen-bond acceptors (Lipinski definition) is 2. The zero-order chi connectivity index (χ0) is 12.6. The molecule has 0 saturated heterocycles. The molecular formula is C12H9F3O2. The number of aryl methyl sites for hydroxylation is 1. The third-order valence-corrected chi connectivity index (χ3v) is 2.52. The number of alkyl halides is 3. The van der Waals surface area contributed by atoms with Crippen LogP contribution in [0.2, 0.25) is 0 Å². The fraction of sp³-hybridized carbons (Fsp3) is 0.250. The van der Waals surface area contributed by atoms with Gasteiger partial charge in [-0.15, -0.1) is 0 Å². The van der Waals surface area contributed by atoms with Gasteiger partial charge >= 0.3 is 11.8 Å². The van der Waals surface area contributed by atoms with E-state index in [0.717, 1.165) is 5.56 Å². The normalized spacial score (nSPS) is 12.0. The van der Waals surface area contributed by atoms with E-state index in [9.17, 15) is 18.0 Å². The molecule has 0 aliphatic carbocycles. The first-order valence-corrected chi connectivity index (χ1v) is 5.06. The molecule has 0 atom stereocenters. The summed E-state index contributed by atoms with van der Waals surface area (Å²) in [6.07, 6.45) is -3.89. The zero-order valence-corrected chi connectivity index (χ0v) is 8.97. The van der Waals surface area contributed by atoms with Gasteiger partial charge in [0.15, 0.2) is 0 Å². The minimum Gasteiger partial charge on any atom is -0.423 e. The van der Waals surface area contributed by atoms with Gasteiger partial charge in [0.2, 0.25) is 0 Å². The number of hydrogen-bond donors (Lipinski definition) is 0. The molecule has 2 rings (SSSR count). The standard InChI is InChI=1S/C12H9F3O2/c1-2-7-3-4-8-9(12(13,14)15)6-11(16)17-10(8)5-7/h3-6H,2H2,1H3. The Morgan fingerprint density at radius 1 is 1.24 bits per heavy atom. The SMILES string of the molecule is CCc1ccc2c(C(F)(F)F)cc(=O)oc2c1. The average Bonchev–Trinajstić information content (AvgIpc) is 2.25. The third-order valence-electron chi connectivity index (χ3n) is 2.52. The Morgan fingerprint density at radius 3 is 2.53 bits per heavy atom. The van der Waals surface area contributed by atoms with Crippen LogP contribution in [-0.4, -0.2) is 0 Å². The van der Waals surface area contributed by atoms with Crippen LogP contribution in [0.25, 0.3) is 11.0 Å².